The lowest BCUT2D eigenvalue weighted by Gasteiger charge is -2.34. The first-order valence-electron chi connectivity index (χ1n) is 19.4. The standard InChI is InChI=1S/C52H36N4Si/c1-4-20-38(21-5-1)57(39-22-6-2-7-23-39,40-24-8-3-9-25-40)41-26-18-19-37(35-41)52-53-50(55-46-31-14-10-27-42(46)43-28-11-15-32-47(43)55)36-51(54-52)56-48-33-16-12-29-44(48)45-30-13-17-34-49(45)56/h1-36H. The molecule has 4 nitrogen and oxygen atoms in total. The number of hydrogen-bond acceptors (Lipinski definition) is 2. The molecular formula is C52H36N4Si. The molecule has 0 radical (unpaired) electrons. The Hall–Kier alpha value is -7.34. The summed E-state index contributed by atoms with van der Waals surface area (Å²) in [5, 5.41) is 10.0. The van der Waals surface area contributed by atoms with Gasteiger partial charge in [0, 0.05) is 33.2 Å². The average Bonchev–Trinajstić information content (AvgIpc) is 3.81. The van der Waals surface area contributed by atoms with Gasteiger partial charge in [-0.05, 0) is 45.0 Å². The van der Waals surface area contributed by atoms with Crippen molar-refractivity contribution in [1.82, 2.24) is 19.1 Å². The van der Waals surface area contributed by atoms with Crippen LogP contribution in [0, 0.1) is 0 Å². The monoisotopic (exact) mass is 744 g/mol. The molecule has 0 atom stereocenters. The van der Waals surface area contributed by atoms with E-state index in [0.717, 1.165) is 39.3 Å². The molecule has 57 heavy (non-hydrogen) atoms. The minimum Gasteiger partial charge on any atom is -0.294 e. The number of rotatable bonds is 7. The maximum Gasteiger partial charge on any atom is 0.179 e. The van der Waals surface area contributed by atoms with E-state index in [2.05, 4.69) is 228 Å². The third kappa shape index (κ3) is 5.20. The molecule has 0 spiro atoms. The average molecular weight is 745 g/mol. The van der Waals surface area contributed by atoms with Gasteiger partial charge in [-0.1, -0.05) is 188 Å². The van der Waals surface area contributed by atoms with Crippen molar-refractivity contribution >= 4 is 72.4 Å². The first-order valence-corrected chi connectivity index (χ1v) is 21.4. The fourth-order valence-corrected chi connectivity index (χ4v) is 13.9. The first kappa shape index (κ1) is 33.0. The second kappa shape index (κ2) is 13.4. The summed E-state index contributed by atoms with van der Waals surface area (Å²) in [6.45, 7) is 0. The molecule has 0 saturated heterocycles. The van der Waals surface area contributed by atoms with Crippen LogP contribution < -0.4 is 20.7 Å². The zero-order valence-corrected chi connectivity index (χ0v) is 32.1. The largest absolute Gasteiger partial charge is 0.294 e. The van der Waals surface area contributed by atoms with E-state index in [-0.39, 0.29) is 0 Å². The highest BCUT2D eigenvalue weighted by atomic mass is 28.3. The molecule has 3 heterocycles. The van der Waals surface area contributed by atoms with Crippen LogP contribution in [-0.4, -0.2) is 27.2 Å². The summed E-state index contributed by atoms with van der Waals surface area (Å²) in [6, 6.07) is 78.8. The van der Waals surface area contributed by atoms with Crippen molar-refractivity contribution in [1.29, 1.82) is 0 Å². The third-order valence-corrected chi connectivity index (χ3v) is 16.3. The summed E-state index contributed by atoms with van der Waals surface area (Å²) in [5.74, 6) is 2.31. The number of benzene rings is 8. The molecule has 0 aliphatic heterocycles. The lowest BCUT2D eigenvalue weighted by Crippen LogP contribution is -2.74. The quantitative estimate of drug-likeness (QED) is 0.120. The molecule has 0 aliphatic rings. The van der Waals surface area contributed by atoms with E-state index in [9.17, 15) is 0 Å². The van der Waals surface area contributed by atoms with E-state index in [1.165, 1.54) is 42.3 Å². The van der Waals surface area contributed by atoms with Gasteiger partial charge in [0.2, 0.25) is 0 Å². The van der Waals surface area contributed by atoms with Crippen molar-refractivity contribution in [2.24, 2.45) is 0 Å². The van der Waals surface area contributed by atoms with E-state index in [1.54, 1.807) is 0 Å². The van der Waals surface area contributed by atoms with Crippen LogP contribution in [0.25, 0.3) is 66.6 Å². The maximum absolute atomic E-state index is 5.51. The van der Waals surface area contributed by atoms with Gasteiger partial charge in [-0.3, -0.25) is 9.13 Å². The molecule has 268 valence electrons. The summed E-state index contributed by atoms with van der Waals surface area (Å²) in [6.07, 6.45) is 0. The summed E-state index contributed by atoms with van der Waals surface area (Å²) < 4.78 is 4.60. The molecule has 0 amide bonds. The summed E-state index contributed by atoms with van der Waals surface area (Å²) in [7, 11) is -2.81. The summed E-state index contributed by atoms with van der Waals surface area (Å²) in [5.41, 5.74) is 5.39. The predicted molar refractivity (Wildman–Crippen MR) is 240 cm³/mol. The lowest BCUT2D eigenvalue weighted by molar-refractivity contribution is 0.994. The molecule has 0 bridgehead atoms. The Labute approximate surface area is 331 Å². The van der Waals surface area contributed by atoms with Gasteiger partial charge in [0.05, 0.1) is 22.1 Å². The van der Waals surface area contributed by atoms with Crippen LogP contribution in [-0.2, 0) is 0 Å². The van der Waals surface area contributed by atoms with E-state index < -0.39 is 8.07 Å². The maximum atomic E-state index is 5.51. The number of nitrogens with zero attached hydrogens (tertiary/aromatic N) is 4. The van der Waals surface area contributed by atoms with Gasteiger partial charge in [-0.15, -0.1) is 0 Å². The number of hydrogen-bond donors (Lipinski definition) is 0. The van der Waals surface area contributed by atoms with Crippen molar-refractivity contribution in [3.63, 3.8) is 0 Å². The number of fused-ring (bicyclic) bond motifs is 6. The Morgan fingerprint density at radius 2 is 0.632 bits per heavy atom. The molecule has 0 unspecified atom stereocenters. The summed E-state index contributed by atoms with van der Waals surface area (Å²) >= 11 is 0. The minimum atomic E-state index is -2.81. The Kier molecular flexibility index (Phi) is 7.79. The van der Waals surface area contributed by atoms with Gasteiger partial charge in [0.1, 0.15) is 11.6 Å². The number of aromatic nitrogens is 4. The van der Waals surface area contributed by atoms with Crippen LogP contribution in [0.5, 0.6) is 0 Å². The zero-order valence-electron chi connectivity index (χ0n) is 31.1. The molecule has 11 rings (SSSR count). The SMILES string of the molecule is c1ccc([Si](c2ccccc2)(c2ccccc2)c2cccc(-c3nc(-n4c5ccccc5c5ccccc54)cc(-n4c5ccccc5c5ccccc54)n3)c2)cc1. The third-order valence-electron chi connectivity index (χ3n) is 11.5. The Balaban J connectivity index is 1.22. The van der Waals surface area contributed by atoms with E-state index >= 15 is 0 Å². The molecule has 0 aliphatic carbocycles. The van der Waals surface area contributed by atoms with Crippen molar-refractivity contribution in [3.8, 4) is 23.0 Å². The van der Waals surface area contributed by atoms with Gasteiger partial charge in [0.15, 0.2) is 13.9 Å². The second-order valence-corrected chi connectivity index (χ2v) is 18.4. The van der Waals surface area contributed by atoms with Gasteiger partial charge >= 0.3 is 0 Å². The molecule has 0 saturated carbocycles. The van der Waals surface area contributed by atoms with Crippen LogP contribution in [0.15, 0.2) is 218 Å². The van der Waals surface area contributed by atoms with Crippen LogP contribution in [0.2, 0.25) is 0 Å². The first-order chi connectivity index (χ1) is 28.3. The molecule has 8 aromatic carbocycles. The Morgan fingerprint density at radius 3 is 1.02 bits per heavy atom. The molecular weight excluding hydrogens is 709 g/mol. The zero-order chi connectivity index (χ0) is 37.8. The van der Waals surface area contributed by atoms with Crippen molar-refractivity contribution in [2.45, 2.75) is 0 Å². The molecule has 0 N–H and O–H groups in total. The van der Waals surface area contributed by atoms with Crippen LogP contribution in [0.1, 0.15) is 0 Å². The normalized spacial score (nSPS) is 11.9. The Morgan fingerprint density at radius 1 is 0.298 bits per heavy atom. The number of para-hydroxylation sites is 4. The van der Waals surface area contributed by atoms with Crippen LogP contribution in [0.4, 0.5) is 0 Å². The van der Waals surface area contributed by atoms with Gasteiger partial charge in [-0.2, -0.15) is 0 Å². The van der Waals surface area contributed by atoms with E-state index in [0.29, 0.717) is 5.82 Å². The highest BCUT2D eigenvalue weighted by molar-refractivity contribution is 7.19. The van der Waals surface area contributed by atoms with E-state index in [4.69, 9.17) is 9.97 Å². The molecule has 11 aromatic rings. The van der Waals surface area contributed by atoms with Gasteiger partial charge in [0.25, 0.3) is 0 Å². The highest BCUT2D eigenvalue weighted by Crippen LogP contribution is 2.35. The van der Waals surface area contributed by atoms with Crippen molar-refractivity contribution < 1.29 is 0 Å². The minimum absolute atomic E-state index is 0.671. The topological polar surface area (TPSA) is 35.6 Å². The fourth-order valence-electron chi connectivity index (χ4n) is 9.07. The van der Waals surface area contributed by atoms with Crippen molar-refractivity contribution in [3.05, 3.63) is 218 Å². The molecule has 5 heteroatoms. The summed E-state index contributed by atoms with van der Waals surface area (Å²) in [4.78, 5) is 11.0. The van der Waals surface area contributed by atoms with Crippen molar-refractivity contribution in [2.75, 3.05) is 0 Å². The van der Waals surface area contributed by atoms with Gasteiger partial charge < -0.3 is 0 Å². The smallest absolute Gasteiger partial charge is 0.179 e. The Bertz CT molecular complexity index is 2910. The second-order valence-electron chi connectivity index (χ2n) is 14.6. The van der Waals surface area contributed by atoms with E-state index in [1.807, 2.05) is 0 Å². The fraction of sp³-hybridized carbons (Fsp3) is 0. The lowest BCUT2D eigenvalue weighted by atomic mass is 10.2. The van der Waals surface area contributed by atoms with Crippen LogP contribution >= 0.6 is 0 Å². The highest BCUT2D eigenvalue weighted by Gasteiger charge is 2.41. The predicted octanol–water partition coefficient (Wildman–Crippen LogP) is 9.72. The van der Waals surface area contributed by atoms with Crippen LogP contribution in [0.3, 0.4) is 0 Å². The molecule has 3 aromatic heterocycles. The molecule has 0 fully saturated rings. The van der Waals surface area contributed by atoms with Gasteiger partial charge in [-0.25, -0.2) is 9.97 Å².